The second kappa shape index (κ2) is 5.77. The molecule has 2 saturated carbocycles. The SMILES string of the molecule is O=C(COC(=O)[C@@H]1[C@H]2C[C@@H]3[C@@H]1C(=O)O[C@@H]3C2)Nc1ccccc1Cl. The van der Waals surface area contributed by atoms with E-state index >= 15 is 0 Å². The highest BCUT2D eigenvalue weighted by molar-refractivity contribution is 6.33. The zero-order valence-corrected chi connectivity index (χ0v) is 13.5. The summed E-state index contributed by atoms with van der Waals surface area (Å²) in [5.74, 6) is -1.87. The summed E-state index contributed by atoms with van der Waals surface area (Å²) in [6.45, 7) is -0.400. The minimum atomic E-state index is -0.487. The van der Waals surface area contributed by atoms with Crippen LogP contribution in [0, 0.1) is 23.7 Å². The van der Waals surface area contributed by atoms with Crippen molar-refractivity contribution < 1.29 is 23.9 Å². The zero-order valence-electron chi connectivity index (χ0n) is 12.7. The molecular weight excluding hydrogens is 334 g/mol. The van der Waals surface area contributed by atoms with E-state index in [4.69, 9.17) is 21.1 Å². The van der Waals surface area contributed by atoms with Crippen molar-refractivity contribution in [3.8, 4) is 0 Å². The number of nitrogens with one attached hydrogen (secondary N) is 1. The lowest BCUT2D eigenvalue weighted by Crippen LogP contribution is -2.34. The van der Waals surface area contributed by atoms with Gasteiger partial charge in [0.15, 0.2) is 6.61 Å². The van der Waals surface area contributed by atoms with Crippen molar-refractivity contribution in [2.45, 2.75) is 18.9 Å². The van der Waals surface area contributed by atoms with E-state index in [9.17, 15) is 14.4 Å². The number of rotatable bonds is 4. The first kappa shape index (κ1) is 15.4. The van der Waals surface area contributed by atoms with E-state index in [-0.39, 0.29) is 23.9 Å². The normalized spacial score (nSPS) is 32.5. The molecule has 3 fully saturated rings. The Bertz CT molecular complexity index is 719. The standard InChI is InChI=1S/C17H16ClNO5/c18-10-3-1-2-4-11(10)19-13(20)7-23-16(21)14-8-5-9-12(6-8)24-17(22)15(9)14/h1-4,8-9,12,14-15H,5-7H2,(H,19,20)/t8-,9-,12+,14+,15-/m0/s1. The molecule has 1 aromatic carbocycles. The van der Waals surface area contributed by atoms with E-state index in [1.807, 2.05) is 0 Å². The van der Waals surface area contributed by atoms with Gasteiger partial charge in [-0.3, -0.25) is 14.4 Å². The number of fused-ring (bicyclic) bond motifs is 1. The summed E-state index contributed by atoms with van der Waals surface area (Å²) in [6.07, 6.45) is 1.52. The van der Waals surface area contributed by atoms with Gasteiger partial charge in [-0.05, 0) is 30.9 Å². The van der Waals surface area contributed by atoms with Crippen LogP contribution in [0.2, 0.25) is 5.02 Å². The van der Waals surface area contributed by atoms with Gasteiger partial charge in [-0.2, -0.15) is 0 Å². The van der Waals surface area contributed by atoms with Crippen LogP contribution in [0.1, 0.15) is 12.8 Å². The second-order valence-corrected chi connectivity index (χ2v) is 6.97. The Labute approximate surface area is 143 Å². The Balaban J connectivity index is 1.35. The zero-order chi connectivity index (χ0) is 16.8. The number of hydrogen-bond acceptors (Lipinski definition) is 5. The van der Waals surface area contributed by atoms with Gasteiger partial charge in [0.1, 0.15) is 6.10 Å². The molecule has 2 bridgehead atoms. The van der Waals surface area contributed by atoms with Gasteiger partial charge in [-0.1, -0.05) is 23.7 Å². The lowest BCUT2D eigenvalue weighted by Gasteiger charge is -2.22. The number of anilines is 1. The molecule has 4 rings (SSSR count). The van der Waals surface area contributed by atoms with Gasteiger partial charge in [0.25, 0.3) is 5.91 Å². The van der Waals surface area contributed by atoms with Crippen LogP contribution in [0.15, 0.2) is 24.3 Å². The topological polar surface area (TPSA) is 81.7 Å². The number of para-hydroxylation sites is 1. The highest BCUT2D eigenvalue weighted by atomic mass is 35.5. The lowest BCUT2D eigenvalue weighted by molar-refractivity contribution is -0.157. The molecule has 24 heavy (non-hydrogen) atoms. The van der Waals surface area contributed by atoms with E-state index in [1.165, 1.54) is 0 Å². The average molecular weight is 350 g/mol. The molecule has 1 saturated heterocycles. The maximum Gasteiger partial charge on any atom is 0.310 e. The summed E-state index contributed by atoms with van der Waals surface area (Å²) in [6, 6.07) is 6.80. The van der Waals surface area contributed by atoms with E-state index in [0.717, 1.165) is 12.8 Å². The van der Waals surface area contributed by atoms with E-state index in [0.29, 0.717) is 10.7 Å². The molecule has 1 heterocycles. The quantitative estimate of drug-likeness (QED) is 0.841. The number of halogens is 1. The summed E-state index contributed by atoms with van der Waals surface area (Å²) >= 11 is 5.96. The van der Waals surface area contributed by atoms with E-state index in [2.05, 4.69) is 5.32 Å². The number of benzene rings is 1. The Kier molecular flexibility index (Phi) is 3.72. The molecule has 1 aromatic rings. The summed E-state index contributed by atoms with van der Waals surface area (Å²) < 4.78 is 10.4. The molecule has 0 aromatic heterocycles. The van der Waals surface area contributed by atoms with E-state index in [1.54, 1.807) is 24.3 Å². The third-order valence-electron chi connectivity index (χ3n) is 5.25. The molecule has 2 aliphatic carbocycles. The minimum absolute atomic E-state index is 0.0277. The largest absolute Gasteiger partial charge is 0.462 e. The van der Waals surface area contributed by atoms with Crippen LogP contribution in [-0.2, 0) is 23.9 Å². The number of hydrogen-bond donors (Lipinski definition) is 1. The molecule has 1 aliphatic heterocycles. The Morgan fingerprint density at radius 3 is 2.88 bits per heavy atom. The summed E-state index contributed by atoms with van der Waals surface area (Å²) in [4.78, 5) is 36.2. The van der Waals surface area contributed by atoms with Crippen LogP contribution in [0.5, 0.6) is 0 Å². The predicted octanol–water partition coefficient (Wildman–Crippen LogP) is 2.02. The first-order chi connectivity index (χ1) is 11.5. The minimum Gasteiger partial charge on any atom is -0.462 e. The van der Waals surface area contributed by atoms with Crippen LogP contribution < -0.4 is 5.32 Å². The number of carbonyl (C=O) groups is 3. The fourth-order valence-corrected chi connectivity index (χ4v) is 4.49. The number of esters is 2. The lowest BCUT2D eigenvalue weighted by atomic mass is 9.80. The molecule has 6 nitrogen and oxygen atoms in total. The van der Waals surface area contributed by atoms with Gasteiger partial charge in [-0.25, -0.2) is 0 Å². The molecule has 0 unspecified atom stereocenters. The molecule has 7 heteroatoms. The second-order valence-electron chi connectivity index (χ2n) is 6.56. The monoisotopic (exact) mass is 349 g/mol. The third-order valence-corrected chi connectivity index (χ3v) is 5.58. The van der Waals surface area contributed by atoms with E-state index < -0.39 is 30.3 Å². The first-order valence-corrected chi connectivity index (χ1v) is 8.34. The number of carbonyl (C=O) groups excluding carboxylic acids is 3. The van der Waals surface area contributed by atoms with Crippen molar-refractivity contribution >= 4 is 35.1 Å². The molecule has 0 radical (unpaired) electrons. The molecule has 3 aliphatic rings. The summed E-state index contributed by atoms with van der Waals surface area (Å²) in [7, 11) is 0. The molecule has 126 valence electrons. The van der Waals surface area contributed by atoms with Crippen molar-refractivity contribution in [1.82, 2.24) is 0 Å². The Hall–Kier alpha value is -2.08. The van der Waals surface area contributed by atoms with Gasteiger partial charge < -0.3 is 14.8 Å². The van der Waals surface area contributed by atoms with Crippen molar-refractivity contribution in [2.24, 2.45) is 23.7 Å². The molecule has 5 atom stereocenters. The van der Waals surface area contributed by atoms with Crippen LogP contribution >= 0.6 is 11.6 Å². The van der Waals surface area contributed by atoms with Crippen molar-refractivity contribution in [3.05, 3.63) is 29.3 Å². The maximum atomic E-state index is 12.4. The molecular formula is C17H16ClNO5. The van der Waals surface area contributed by atoms with Gasteiger partial charge >= 0.3 is 11.9 Å². The van der Waals surface area contributed by atoms with Crippen LogP contribution in [0.4, 0.5) is 5.69 Å². The fourth-order valence-electron chi connectivity index (χ4n) is 4.31. The number of ether oxygens (including phenoxy) is 2. The van der Waals surface area contributed by atoms with Crippen LogP contribution in [-0.4, -0.2) is 30.6 Å². The summed E-state index contributed by atoms with van der Waals surface area (Å²) in [5, 5.41) is 3.00. The average Bonchev–Trinajstić information content (AvgIpc) is 3.16. The maximum absolute atomic E-state index is 12.4. The Morgan fingerprint density at radius 2 is 2.08 bits per heavy atom. The van der Waals surface area contributed by atoms with Crippen molar-refractivity contribution in [2.75, 3.05) is 11.9 Å². The molecule has 0 spiro atoms. The van der Waals surface area contributed by atoms with Gasteiger partial charge in [0, 0.05) is 5.92 Å². The third kappa shape index (κ3) is 2.45. The first-order valence-electron chi connectivity index (χ1n) is 7.96. The van der Waals surface area contributed by atoms with Crippen molar-refractivity contribution in [3.63, 3.8) is 0 Å². The fraction of sp³-hybridized carbons (Fsp3) is 0.471. The molecule has 1 amide bonds. The molecule has 1 N–H and O–H groups in total. The predicted molar refractivity (Wildman–Crippen MR) is 84.1 cm³/mol. The Morgan fingerprint density at radius 1 is 1.29 bits per heavy atom. The number of amides is 1. The highest BCUT2D eigenvalue weighted by Gasteiger charge is 2.64. The smallest absolute Gasteiger partial charge is 0.310 e. The highest BCUT2D eigenvalue weighted by Crippen LogP contribution is 2.57. The van der Waals surface area contributed by atoms with Gasteiger partial charge in [0.2, 0.25) is 0 Å². The van der Waals surface area contributed by atoms with Crippen LogP contribution in [0.3, 0.4) is 0 Å². The van der Waals surface area contributed by atoms with Crippen LogP contribution in [0.25, 0.3) is 0 Å². The van der Waals surface area contributed by atoms with Crippen molar-refractivity contribution in [1.29, 1.82) is 0 Å². The summed E-state index contributed by atoms with van der Waals surface area (Å²) in [5.41, 5.74) is 0.461. The van der Waals surface area contributed by atoms with Gasteiger partial charge in [0.05, 0.1) is 22.5 Å². The van der Waals surface area contributed by atoms with Gasteiger partial charge in [-0.15, -0.1) is 0 Å².